The number of ether oxygens (including phenoxy) is 1. The van der Waals surface area contributed by atoms with E-state index in [1.165, 1.54) is 18.2 Å². The highest BCUT2D eigenvalue weighted by Crippen LogP contribution is 2.26. The zero-order valence-electron chi connectivity index (χ0n) is 13.8. The Hall–Kier alpha value is -2.41. The molecule has 5 nitrogen and oxygen atoms in total. The van der Waals surface area contributed by atoms with Gasteiger partial charge in [0.2, 0.25) is 5.91 Å². The highest BCUT2D eigenvalue weighted by molar-refractivity contribution is 9.10. The number of carbonyl (C=O) groups excluding carboxylic acids is 2. The summed E-state index contributed by atoms with van der Waals surface area (Å²) in [6.07, 6.45) is -0.652. The molecule has 7 heteroatoms. The predicted molar refractivity (Wildman–Crippen MR) is 97.0 cm³/mol. The van der Waals surface area contributed by atoms with Gasteiger partial charge in [0.25, 0.3) is 5.91 Å². The molecule has 132 valence electrons. The van der Waals surface area contributed by atoms with Gasteiger partial charge in [-0.25, -0.2) is 4.39 Å². The Labute approximate surface area is 153 Å². The molecule has 0 aliphatic heterocycles. The van der Waals surface area contributed by atoms with Crippen molar-refractivity contribution in [1.29, 1.82) is 0 Å². The van der Waals surface area contributed by atoms with E-state index in [4.69, 9.17) is 4.74 Å². The summed E-state index contributed by atoms with van der Waals surface area (Å²) in [6.45, 7) is 1.59. The van der Waals surface area contributed by atoms with Gasteiger partial charge in [0.05, 0.1) is 10.9 Å². The molecule has 2 aromatic carbocycles. The fourth-order valence-electron chi connectivity index (χ4n) is 2.11. The molecule has 2 N–H and O–H groups in total. The zero-order chi connectivity index (χ0) is 18.4. The van der Waals surface area contributed by atoms with Crippen molar-refractivity contribution in [3.8, 4) is 5.75 Å². The van der Waals surface area contributed by atoms with E-state index >= 15 is 0 Å². The maximum absolute atomic E-state index is 13.1. The monoisotopic (exact) mass is 408 g/mol. The molecule has 0 saturated heterocycles. The number of amides is 2. The van der Waals surface area contributed by atoms with E-state index in [2.05, 4.69) is 26.6 Å². The maximum atomic E-state index is 13.1. The maximum Gasteiger partial charge on any atom is 0.265 e. The Balaban J connectivity index is 2.07. The summed E-state index contributed by atoms with van der Waals surface area (Å²) >= 11 is 3.20. The molecule has 1 unspecified atom stereocenters. The lowest BCUT2D eigenvalue weighted by Crippen LogP contribution is -2.31. The smallest absolute Gasteiger partial charge is 0.265 e. The van der Waals surface area contributed by atoms with Crippen LogP contribution in [-0.2, 0) is 16.0 Å². The third-order valence-corrected chi connectivity index (χ3v) is 4.09. The summed E-state index contributed by atoms with van der Waals surface area (Å²) in [5.41, 5.74) is 1.25. The number of likely N-dealkylation sites (N-methyl/N-ethyl adjacent to an activating group) is 1. The molecule has 0 fully saturated rings. The predicted octanol–water partition coefficient (Wildman–Crippen LogP) is 3.28. The van der Waals surface area contributed by atoms with Crippen LogP contribution in [-0.4, -0.2) is 25.0 Å². The second-order valence-electron chi connectivity index (χ2n) is 5.33. The van der Waals surface area contributed by atoms with Crippen molar-refractivity contribution < 1.29 is 18.7 Å². The number of para-hydroxylation sites is 1. The fraction of sp³-hybridized carbons (Fsp3) is 0.222. The fourth-order valence-corrected chi connectivity index (χ4v) is 2.55. The molecule has 0 heterocycles. The Kier molecular flexibility index (Phi) is 6.52. The van der Waals surface area contributed by atoms with Crippen molar-refractivity contribution in [2.24, 2.45) is 0 Å². The van der Waals surface area contributed by atoms with Gasteiger partial charge in [-0.05, 0) is 52.7 Å². The summed E-state index contributed by atoms with van der Waals surface area (Å²) in [4.78, 5) is 24.0. The van der Waals surface area contributed by atoms with Crippen molar-refractivity contribution in [3.05, 3.63) is 58.3 Å². The lowest BCUT2D eigenvalue weighted by molar-refractivity contribution is -0.122. The quantitative estimate of drug-likeness (QED) is 0.770. The van der Waals surface area contributed by atoms with Gasteiger partial charge in [0, 0.05) is 12.7 Å². The minimum atomic E-state index is -0.810. The van der Waals surface area contributed by atoms with Crippen molar-refractivity contribution in [2.45, 2.75) is 19.4 Å². The Morgan fingerprint density at radius 1 is 1.24 bits per heavy atom. The Bertz CT molecular complexity index is 783. The van der Waals surface area contributed by atoms with Crippen LogP contribution < -0.4 is 15.4 Å². The molecule has 0 bridgehead atoms. The van der Waals surface area contributed by atoms with E-state index in [0.29, 0.717) is 21.5 Å². The molecule has 0 saturated carbocycles. The highest BCUT2D eigenvalue weighted by Gasteiger charge is 2.18. The third-order valence-electron chi connectivity index (χ3n) is 3.47. The van der Waals surface area contributed by atoms with E-state index in [0.717, 1.165) is 0 Å². The molecular weight excluding hydrogens is 391 g/mol. The number of nitrogens with one attached hydrogen (secondary N) is 2. The normalized spacial score (nSPS) is 11.5. The number of anilines is 1. The van der Waals surface area contributed by atoms with Gasteiger partial charge < -0.3 is 15.4 Å². The van der Waals surface area contributed by atoms with E-state index < -0.39 is 11.9 Å². The largest absolute Gasteiger partial charge is 0.480 e. The topological polar surface area (TPSA) is 67.4 Å². The van der Waals surface area contributed by atoms with E-state index in [1.54, 1.807) is 38.2 Å². The molecule has 0 aliphatic rings. The van der Waals surface area contributed by atoms with Crippen LogP contribution in [0.5, 0.6) is 5.75 Å². The number of rotatable bonds is 6. The summed E-state index contributed by atoms with van der Waals surface area (Å²) < 4.78 is 19.1. The summed E-state index contributed by atoms with van der Waals surface area (Å²) in [5.74, 6) is -0.566. The summed E-state index contributed by atoms with van der Waals surface area (Å²) in [7, 11) is 1.56. The highest BCUT2D eigenvalue weighted by atomic mass is 79.9. The molecule has 0 spiro atoms. The first-order valence-electron chi connectivity index (χ1n) is 7.61. The lowest BCUT2D eigenvalue weighted by Gasteiger charge is -2.17. The number of carbonyl (C=O) groups is 2. The van der Waals surface area contributed by atoms with Gasteiger partial charge in [-0.2, -0.15) is 0 Å². The van der Waals surface area contributed by atoms with Gasteiger partial charge in [-0.1, -0.05) is 18.2 Å². The van der Waals surface area contributed by atoms with Gasteiger partial charge in [-0.3, -0.25) is 9.59 Å². The van der Waals surface area contributed by atoms with Crippen LogP contribution in [0.25, 0.3) is 0 Å². The first kappa shape index (κ1) is 18.9. The first-order chi connectivity index (χ1) is 11.9. The second kappa shape index (κ2) is 8.62. The molecule has 0 aliphatic carbocycles. The Morgan fingerprint density at radius 3 is 2.64 bits per heavy atom. The molecule has 0 radical (unpaired) electrons. The van der Waals surface area contributed by atoms with Crippen LogP contribution in [0, 0.1) is 5.82 Å². The molecular formula is C18H18BrFN2O3. The van der Waals surface area contributed by atoms with Crippen molar-refractivity contribution in [1.82, 2.24) is 5.32 Å². The van der Waals surface area contributed by atoms with Crippen LogP contribution in [0.1, 0.15) is 12.5 Å². The lowest BCUT2D eigenvalue weighted by atomic mass is 10.1. The first-order valence-corrected chi connectivity index (χ1v) is 8.41. The number of halogens is 2. The molecule has 2 amide bonds. The van der Waals surface area contributed by atoms with Crippen LogP contribution in [0.15, 0.2) is 46.9 Å². The van der Waals surface area contributed by atoms with Crippen LogP contribution in [0.4, 0.5) is 10.1 Å². The average molecular weight is 409 g/mol. The minimum absolute atomic E-state index is 0.152. The van der Waals surface area contributed by atoms with E-state index in [1.807, 2.05) is 0 Å². The molecule has 0 aromatic heterocycles. The number of hydrogen-bond donors (Lipinski definition) is 2. The van der Waals surface area contributed by atoms with Gasteiger partial charge in [0.15, 0.2) is 6.10 Å². The second-order valence-corrected chi connectivity index (χ2v) is 6.19. The molecule has 1 atom stereocenters. The van der Waals surface area contributed by atoms with Crippen LogP contribution in [0.2, 0.25) is 0 Å². The van der Waals surface area contributed by atoms with E-state index in [9.17, 15) is 14.0 Å². The summed E-state index contributed by atoms with van der Waals surface area (Å²) in [5, 5.41) is 5.31. The molecule has 2 rings (SSSR count). The van der Waals surface area contributed by atoms with Crippen LogP contribution >= 0.6 is 15.9 Å². The summed E-state index contributed by atoms with van der Waals surface area (Å²) in [6, 6.07) is 11.0. The SMILES string of the molecule is CNC(=O)Cc1ccccc1NC(=O)C(C)Oc1ccc(F)cc1Br. The minimum Gasteiger partial charge on any atom is -0.480 e. The average Bonchev–Trinajstić information content (AvgIpc) is 2.58. The Morgan fingerprint density at radius 2 is 1.96 bits per heavy atom. The molecule has 25 heavy (non-hydrogen) atoms. The van der Waals surface area contributed by atoms with E-state index in [-0.39, 0.29) is 18.2 Å². The standard InChI is InChI=1S/C18H18BrFN2O3/c1-11(25-16-8-7-13(20)10-14(16)19)18(24)22-15-6-4-3-5-12(15)9-17(23)21-2/h3-8,10-11H,9H2,1-2H3,(H,21,23)(H,22,24). The third kappa shape index (κ3) is 5.29. The molecule has 2 aromatic rings. The van der Waals surface area contributed by atoms with Gasteiger partial charge in [0.1, 0.15) is 11.6 Å². The zero-order valence-corrected chi connectivity index (χ0v) is 15.4. The number of benzene rings is 2. The number of hydrogen-bond acceptors (Lipinski definition) is 3. The van der Waals surface area contributed by atoms with Gasteiger partial charge in [-0.15, -0.1) is 0 Å². The van der Waals surface area contributed by atoms with Crippen molar-refractivity contribution in [3.63, 3.8) is 0 Å². The van der Waals surface area contributed by atoms with Gasteiger partial charge >= 0.3 is 0 Å². The van der Waals surface area contributed by atoms with Crippen molar-refractivity contribution >= 4 is 33.4 Å². The van der Waals surface area contributed by atoms with Crippen LogP contribution in [0.3, 0.4) is 0 Å². The van der Waals surface area contributed by atoms with Crippen molar-refractivity contribution in [2.75, 3.05) is 12.4 Å².